The van der Waals surface area contributed by atoms with Crippen LogP contribution in [0.2, 0.25) is 10.0 Å². The van der Waals surface area contributed by atoms with Crippen LogP contribution in [0.3, 0.4) is 0 Å². The zero-order valence-corrected chi connectivity index (χ0v) is 11.4. The fraction of sp³-hybridized carbons (Fsp3) is 0. The van der Waals surface area contributed by atoms with E-state index < -0.39 is 0 Å². The molecular formula is C15H10Cl2N2. The number of aromatic amines is 1. The number of halogens is 2. The molecule has 3 rings (SSSR count). The molecule has 1 N–H and O–H groups in total. The van der Waals surface area contributed by atoms with Gasteiger partial charge in [0.2, 0.25) is 0 Å². The van der Waals surface area contributed by atoms with Crippen molar-refractivity contribution in [3.63, 3.8) is 0 Å². The Hall–Kier alpha value is -1.77. The fourth-order valence-electron chi connectivity index (χ4n) is 1.87. The molecule has 3 aromatic rings. The third-order valence-corrected chi connectivity index (χ3v) is 3.42. The number of benzene rings is 2. The Labute approximate surface area is 120 Å². The molecule has 0 unspecified atom stereocenters. The third kappa shape index (κ3) is 2.65. The van der Waals surface area contributed by atoms with Crippen LogP contribution in [0.4, 0.5) is 5.69 Å². The van der Waals surface area contributed by atoms with Crippen molar-refractivity contribution in [1.82, 2.24) is 4.98 Å². The predicted molar refractivity (Wildman–Crippen MR) is 82.0 cm³/mol. The number of aliphatic imine (C=N–C) groups is 1. The van der Waals surface area contributed by atoms with Gasteiger partial charge >= 0.3 is 0 Å². The molecule has 0 spiro atoms. The van der Waals surface area contributed by atoms with Crippen molar-refractivity contribution in [3.8, 4) is 0 Å². The summed E-state index contributed by atoms with van der Waals surface area (Å²) in [6, 6.07) is 13.4. The van der Waals surface area contributed by atoms with Gasteiger partial charge in [0.15, 0.2) is 0 Å². The van der Waals surface area contributed by atoms with E-state index in [0.29, 0.717) is 10.0 Å². The summed E-state index contributed by atoms with van der Waals surface area (Å²) >= 11 is 11.9. The SMILES string of the molecule is Clc1ccc(C=Nc2ccc3cc[nH]c3c2)c(Cl)c1. The van der Waals surface area contributed by atoms with Crippen molar-refractivity contribution in [1.29, 1.82) is 0 Å². The summed E-state index contributed by atoms with van der Waals surface area (Å²) in [6.07, 6.45) is 3.65. The normalized spacial score (nSPS) is 11.5. The second kappa shape index (κ2) is 5.08. The van der Waals surface area contributed by atoms with Crippen LogP contribution in [0.15, 0.2) is 53.7 Å². The Bertz CT molecular complexity index is 760. The molecule has 94 valence electrons. The Morgan fingerprint density at radius 2 is 1.89 bits per heavy atom. The molecule has 0 aliphatic rings. The van der Waals surface area contributed by atoms with E-state index in [-0.39, 0.29) is 0 Å². The minimum Gasteiger partial charge on any atom is -0.361 e. The average Bonchev–Trinajstić information content (AvgIpc) is 2.85. The van der Waals surface area contributed by atoms with E-state index in [4.69, 9.17) is 23.2 Å². The van der Waals surface area contributed by atoms with E-state index >= 15 is 0 Å². The van der Waals surface area contributed by atoms with Crippen LogP contribution in [-0.4, -0.2) is 11.2 Å². The fourth-order valence-corrected chi connectivity index (χ4v) is 2.32. The molecule has 0 amide bonds. The molecule has 1 heterocycles. The van der Waals surface area contributed by atoms with Gasteiger partial charge in [0.25, 0.3) is 0 Å². The number of nitrogens with one attached hydrogen (secondary N) is 1. The first-order valence-corrected chi connectivity index (χ1v) is 6.54. The number of fused-ring (bicyclic) bond motifs is 1. The van der Waals surface area contributed by atoms with Crippen LogP contribution in [0.25, 0.3) is 10.9 Å². The summed E-state index contributed by atoms with van der Waals surface area (Å²) in [5.74, 6) is 0. The largest absolute Gasteiger partial charge is 0.361 e. The highest BCUT2D eigenvalue weighted by atomic mass is 35.5. The van der Waals surface area contributed by atoms with E-state index in [1.54, 1.807) is 18.3 Å². The Morgan fingerprint density at radius 3 is 2.74 bits per heavy atom. The topological polar surface area (TPSA) is 28.1 Å². The standard InChI is InChI=1S/C15H10Cl2N2/c16-12-3-1-11(14(17)7-12)9-19-13-4-2-10-5-6-18-15(10)8-13/h1-9,18H. The molecule has 2 nitrogen and oxygen atoms in total. The maximum Gasteiger partial charge on any atom is 0.0650 e. The molecule has 0 radical (unpaired) electrons. The Morgan fingerprint density at radius 1 is 1.00 bits per heavy atom. The minimum absolute atomic E-state index is 0.595. The summed E-state index contributed by atoms with van der Waals surface area (Å²) in [6.45, 7) is 0. The number of aromatic nitrogens is 1. The predicted octanol–water partition coefficient (Wildman–Crippen LogP) is 5.23. The van der Waals surface area contributed by atoms with Gasteiger partial charge in [0.05, 0.1) is 10.7 Å². The highest BCUT2D eigenvalue weighted by Gasteiger charge is 1.99. The van der Waals surface area contributed by atoms with Gasteiger partial charge in [-0.2, -0.15) is 0 Å². The molecule has 4 heteroatoms. The summed E-state index contributed by atoms with van der Waals surface area (Å²) in [5.41, 5.74) is 2.79. The van der Waals surface area contributed by atoms with Crippen LogP contribution in [0.5, 0.6) is 0 Å². The minimum atomic E-state index is 0.595. The Balaban J connectivity index is 1.92. The number of hydrogen-bond donors (Lipinski definition) is 1. The van der Waals surface area contributed by atoms with Crippen molar-refractivity contribution >= 4 is 46.0 Å². The monoisotopic (exact) mass is 288 g/mol. The maximum atomic E-state index is 6.09. The quantitative estimate of drug-likeness (QED) is 0.626. The van der Waals surface area contributed by atoms with E-state index in [0.717, 1.165) is 16.8 Å². The van der Waals surface area contributed by atoms with Gasteiger partial charge in [-0.25, -0.2) is 0 Å². The lowest BCUT2D eigenvalue weighted by Gasteiger charge is -1.99. The lowest BCUT2D eigenvalue weighted by molar-refractivity contribution is 1.46. The summed E-state index contributed by atoms with van der Waals surface area (Å²) in [5, 5.41) is 2.38. The van der Waals surface area contributed by atoms with Gasteiger partial charge < -0.3 is 4.98 Å². The zero-order chi connectivity index (χ0) is 13.2. The molecule has 0 fully saturated rings. The van der Waals surface area contributed by atoms with Crippen LogP contribution >= 0.6 is 23.2 Å². The van der Waals surface area contributed by atoms with E-state index in [1.165, 1.54) is 5.39 Å². The van der Waals surface area contributed by atoms with Crippen LogP contribution in [0, 0.1) is 0 Å². The summed E-state index contributed by atoms with van der Waals surface area (Å²) in [7, 11) is 0. The van der Waals surface area contributed by atoms with Gasteiger partial charge in [0, 0.05) is 28.5 Å². The lowest BCUT2D eigenvalue weighted by Crippen LogP contribution is -1.82. The van der Waals surface area contributed by atoms with E-state index in [1.807, 2.05) is 36.5 Å². The summed E-state index contributed by atoms with van der Waals surface area (Å²) < 4.78 is 0. The van der Waals surface area contributed by atoms with Crippen molar-refractivity contribution < 1.29 is 0 Å². The molecule has 2 aromatic carbocycles. The zero-order valence-electron chi connectivity index (χ0n) is 9.90. The van der Waals surface area contributed by atoms with Gasteiger partial charge in [0.1, 0.15) is 0 Å². The highest BCUT2D eigenvalue weighted by molar-refractivity contribution is 6.36. The van der Waals surface area contributed by atoms with Crippen molar-refractivity contribution in [2.45, 2.75) is 0 Å². The summed E-state index contributed by atoms with van der Waals surface area (Å²) in [4.78, 5) is 7.58. The van der Waals surface area contributed by atoms with Crippen molar-refractivity contribution in [2.24, 2.45) is 4.99 Å². The Kier molecular flexibility index (Phi) is 3.28. The molecule has 0 bridgehead atoms. The second-order valence-corrected chi connectivity index (χ2v) is 5.02. The highest BCUT2D eigenvalue weighted by Crippen LogP contribution is 2.22. The third-order valence-electron chi connectivity index (χ3n) is 2.85. The number of rotatable bonds is 2. The first kappa shape index (κ1) is 12.3. The lowest BCUT2D eigenvalue weighted by atomic mass is 10.2. The van der Waals surface area contributed by atoms with Gasteiger partial charge in [-0.1, -0.05) is 35.3 Å². The number of hydrogen-bond acceptors (Lipinski definition) is 1. The smallest absolute Gasteiger partial charge is 0.0650 e. The molecule has 1 aromatic heterocycles. The molecular weight excluding hydrogens is 279 g/mol. The van der Waals surface area contributed by atoms with Gasteiger partial charge in [-0.15, -0.1) is 0 Å². The molecule has 0 saturated heterocycles. The number of H-pyrrole nitrogens is 1. The molecule has 0 saturated carbocycles. The van der Waals surface area contributed by atoms with Crippen LogP contribution in [0.1, 0.15) is 5.56 Å². The molecule has 0 aliphatic carbocycles. The van der Waals surface area contributed by atoms with E-state index in [9.17, 15) is 0 Å². The molecule has 19 heavy (non-hydrogen) atoms. The second-order valence-electron chi connectivity index (χ2n) is 4.17. The number of nitrogens with zero attached hydrogens (tertiary/aromatic N) is 1. The van der Waals surface area contributed by atoms with Crippen LogP contribution in [-0.2, 0) is 0 Å². The maximum absolute atomic E-state index is 6.09. The first-order valence-electron chi connectivity index (χ1n) is 5.79. The molecule has 0 atom stereocenters. The van der Waals surface area contributed by atoms with E-state index in [2.05, 4.69) is 9.98 Å². The van der Waals surface area contributed by atoms with Gasteiger partial charge in [-0.05, 0) is 35.7 Å². The first-order chi connectivity index (χ1) is 9.22. The van der Waals surface area contributed by atoms with Crippen molar-refractivity contribution in [3.05, 3.63) is 64.3 Å². The van der Waals surface area contributed by atoms with Crippen LogP contribution < -0.4 is 0 Å². The molecule has 0 aliphatic heterocycles. The average molecular weight is 289 g/mol. The van der Waals surface area contributed by atoms with Crippen molar-refractivity contribution in [2.75, 3.05) is 0 Å². The van der Waals surface area contributed by atoms with Gasteiger partial charge in [-0.3, -0.25) is 4.99 Å².